The molecule has 2 nitrogen and oxygen atoms in total. The Hall–Kier alpha value is -1.15. The highest BCUT2D eigenvalue weighted by atomic mass is 16.1. The van der Waals surface area contributed by atoms with Crippen LogP contribution >= 0.6 is 0 Å². The van der Waals surface area contributed by atoms with Crippen LogP contribution in [0, 0.1) is 12.8 Å². The number of likely N-dealkylation sites (tertiary alicyclic amines) is 1. The zero-order chi connectivity index (χ0) is 12.3. The Balaban J connectivity index is 1.98. The van der Waals surface area contributed by atoms with E-state index in [0.717, 1.165) is 32.5 Å². The second-order valence-corrected chi connectivity index (χ2v) is 5.05. The Kier molecular flexibility index (Phi) is 3.95. The van der Waals surface area contributed by atoms with Crippen LogP contribution in [0.1, 0.15) is 30.9 Å². The number of rotatable bonds is 3. The molecular formula is C15H21NO. The molecule has 0 amide bonds. The maximum Gasteiger partial charge on any atom is 0.138 e. The SMILES string of the molecule is CCC1CN(Cc2cccc(C)c2)CCC1=O. The standard InChI is InChI=1S/C15H21NO/c1-3-14-11-16(8-7-15(14)17)10-13-6-4-5-12(2)9-13/h4-6,9,14H,3,7-8,10-11H2,1-2H3. The van der Waals surface area contributed by atoms with Crippen molar-refractivity contribution in [2.45, 2.75) is 33.2 Å². The molecule has 1 heterocycles. The van der Waals surface area contributed by atoms with Crippen LogP contribution < -0.4 is 0 Å². The summed E-state index contributed by atoms with van der Waals surface area (Å²) in [6.07, 6.45) is 1.70. The zero-order valence-corrected chi connectivity index (χ0v) is 10.8. The number of carbonyl (C=O) groups is 1. The lowest BCUT2D eigenvalue weighted by molar-refractivity contribution is -0.126. The molecule has 1 unspecified atom stereocenters. The van der Waals surface area contributed by atoms with Crippen LogP contribution in [0.25, 0.3) is 0 Å². The number of nitrogens with zero attached hydrogens (tertiary/aromatic N) is 1. The molecule has 1 atom stereocenters. The lowest BCUT2D eigenvalue weighted by atomic mass is 9.94. The lowest BCUT2D eigenvalue weighted by Crippen LogP contribution is -2.40. The minimum atomic E-state index is 0.258. The summed E-state index contributed by atoms with van der Waals surface area (Å²) in [5, 5.41) is 0. The van der Waals surface area contributed by atoms with Crippen LogP contribution in [0.3, 0.4) is 0 Å². The van der Waals surface area contributed by atoms with Gasteiger partial charge in [-0.05, 0) is 18.9 Å². The maximum absolute atomic E-state index is 11.7. The predicted octanol–water partition coefficient (Wildman–Crippen LogP) is 2.80. The molecule has 1 fully saturated rings. The smallest absolute Gasteiger partial charge is 0.138 e. The van der Waals surface area contributed by atoms with Gasteiger partial charge >= 0.3 is 0 Å². The molecule has 2 rings (SSSR count). The molecule has 0 aromatic heterocycles. The van der Waals surface area contributed by atoms with E-state index < -0.39 is 0 Å². The maximum atomic E-state index is 11.7. The molecule has 1 aromatic rings. The van der Waals surface area contributed by atoms with Gasteiger partial charge in [0.25, 0.3) is 0 Å². The summed E-state index contributed by atoms with van der Waals surface area (Å²) < 4.78 is 0. The zero-order valence-electron chi connectivity index (χ0n) is 10.8. The van der Waals surface area contributed by atoms with E-state index in [1.54, 1.807) is 0 Å². The van der Waals surface area contributed by atoms with Gasteiger partial charge in [0.2, 0.25) is 0 Å². The van der Waals surface area contributed by atoms with Gasteiger partial charge < -0.3 is 0 Å². The van der Waals surface area contributed by atoms with E-state index in [9.17, 15) is 4.79 Å². The first-order valence-corrected chi connectivity index (χ1v) is 6.49. The van der Waals surface area contributed by atoms with E-state index in [4.69, 9.17) is 0 Å². The summed E-state index contributed by atoms with van der Waals surface area (Å²) in [5.41, 5.74) is 2.66. The first kappa shape index (κ1) is 12.3. The van der Waals surface area contributed by atoms with Gasteiger partial charge in [-0.3, -0.25) is 9.69 Å². The number of benzene rings is 1. The molecule has 1 aliphatic heterocycles. The fraction of sp³-hybridized carbons (Fsp3) is 0.533. The molecule has 0 spiro atoms. The van der Waals surface area contributed by atoms with Crippen molar-refractivity contribution in [2.75, 3.05) is 13.1 Å². The number of Topliss-reactive ketones (excluding diaryl/α,β-unsaturated/α-hetero) is 1. The van der Waals surface area contributed by atoms with E-state index in [-0.39, 0.29) is 5.92 Å². The average molecular weight is 231 g/mol. The van der Waals surface area contributed by atoms with Crippen molar-refractivity contribution in [1.29, 1.82) is 0 Å². The second-order valence-electron chi connectivity index (χ2n) is 5.05. The van der Waals surface area contributed by atoms with Crippen molar-refractivity contribution in [3.8, 4) is 0 Å². The van der Waals surface area contributed by atoms with Gasteiger partial charge in [-0.15, -0.1) is 0 Å². The van der Waals surface area contributed by atoms with E-state index in [1.807, 2.05) is 0 Å². The van der Waals surface area contributed by atoms with Gasteiger partial charge in [0.05, 0.1) is 0 Å². The summed E-state index contributed by atoms with van der Waals surface area (Å²) in [6.45, 7) is 7.06. The third kappa shape index (κ3) is 3.16. The Morgan fingerprint density at radius 1 is 1.41 bits per heavy atom. The molecule has 0 aliphatic carbocycles. The normalized spacial score (nSPS) is 21.8. The summed E-state index contributed by atoms with van der Waals surface area (Å²) in [4.78, 5) is 14.1. The van der Waals surface area contributed by atoms with Crippen molar-refractivity contribution in [2.24, 2.45) is 5.92 Å². The van der Waals surface area contributed by atoms with E-state index in [0.29, 0.717) is 5.78 Å². The van der Waals surface area contributed by atoms with Crippen molar-refractivity contribution in [1.82, 2.24) is 4.90 Å². The molecule has 0 saturated carbocycles. The molecule has 0 N–H and O–H groups in total. The minimum absolute atomic E-state index is 0.258. The number of carbonyl (C=O) groups excluding carboxylic acids is 1. The highest BCUT2D eigenvalue weighted by Crippen LogP contribution is 2.18. The van der Waals surface area contributed by atoms with Gasteiger partial charge in [-0.2, -0.15) is 0 Å². The number of piperidine rings is 1. The van der Waals surface area contributed by atoms with Gasteiger partial charge in [0, 0.05) is 32.0 Å². The van der Waals surface area contributed by atoms with Gasteiger partial charge in [-0.25, -0.2) is 0 Å². The Morgan fingerprint density at radius 3 is 2.94 bits per heavy atom. The molecule has 2 heteroatoms. The van der Waals surface area contributed by atoms with E-state index in [1.165, 1.54) is 11.1 Å². The molecule has 0 radical (unpaired) electrons. The quantitative estimate of drug-likeness (QED) is 0.797. The monoisotopic (exact) mass is 231 g/mol. The summed E-state index contributed by atoms with van der Waals surface area (Å²) >= 11 is 0. The number of aryl methyl sites for hydroxylation is 1. The van der Waals surface area contributed by atoms with E-state index in [2.05, 4.69) is 43.0 Å². The number of hydrogen-bond donors (Lipinski definition) is 0. The van der Waals surface area contributed by atoms with Crippen LogP contribution in [0.2, 0.25) is 0 Å². The third-order valence-corrected chi connectivity index (χ3v) is 3.59. The average Bonchev–Trinajstić information content (AvgIpc) is 2.32. The molecule has 1 aromatic carbocycles. The molecule has 1 saturated heterocycles. The highest BCUT2D eigenvalue weighted by molar-refractivity contribution is 5.82. The first-order valence-electron chi connectivity index (χ1n) is 6.49. The van der Waals surface area contributed by atoms with Crippen LogP contribution in [0.15, 0.2) is 24.3 Å². The van der Waals surface area contributed by atoms with Gasteiger partial charge in [-0.1, -0.05) is 36.8 Å². The summed E-state index contributed by atoms with van der Waals surface area (Å²) in [5.74, 6) is 0.710. The molecular weight excluding hydrogens is 210 g/mol. The van der Waals surface area contributed by atoms with E-state index >= 15 is 0 Å². The Bertz CT molecular complexity index is 400. The second kappa shape index (κ2) is 5.46. The van der Waals surface area contributed by atoms with Crippen molar-refractivity contribution >= 4 is 5.78 Å². The summed E-state index contributed by atoms with van der Waals surface area (Å²) in [7, 11) is 0. The number of ketones is 1. The van der Waals surface area contributed by atoms with Crippen molar-refractivity contribution < 1.29 is 4.79 Å². The fourth-order valence-corrected chi connectivity index (χ4v) is 2.55. The van der Waals surface area contributed by atoms with Crippen molar-refractivity contribution in [3.63, 3.8) is 0 Å². The van der Waals surface area contributed by atoms with Gasteiger partial charge in [0.15, 0.2) is 0 Å². The molecule has 1 aliphatic rings. The number of hydrogen-bond acceptors (Lipinski definition) is 2. The highest BCUT2D eigenvalue weighted by Gasteiger charge is 2.25. The van der Waals surface area contributed by atoms with Crippen molar-refractivity contribution in [3.05, 3.63) is 35.4 Å². The van der Waals surface area contributed by atoms with Crippen LogP contribution in [-0.4, -0.2) is 23.8 Å². The lowest BCUT2D eigenvalue weighted by Gasteiger charge is -2.31. The first-order chi connectivity index (χ1) is 8.19. The fourth-order valence-electron chi connectivity index (χ4n) is 2.55. The largest absolute Gasteiger partial charge is 0.299 e. The molecule has 92 valence electrons. The van der Waals surface area contributed by atoms with Gasteiger partial charge in [0.1, 0.15) is 5.78 Å². The Morgan fingerprint density at radius 2 is 2.24 bits per heavy atom. The topological polar surface area (TPSA) is 20.3 Å². The minimum Gasteiger partial charge on any atom is -0.299 e. The van der Waals surface area contributed by atoms with Crippen LogP contribution in [-0.2, 0) is 11.3 Å². The summed E-state index contributed by atoms with van der Waals surface area (Å²) in [6, 6.07) is 8.64. The van der Waals surface area contributed by atoms with Crippen LogP contribution in [0.5, 0.6) is 0 Å². The molecule has 17 heavy (non-hydrogen) atoms. The molecule has 0 bridgehead atoms. The van der Waals surface area contributed by atoms with Crippen LogP contribution in [0.4, 0.5) is 0 Å². The third-order valence-electron chi connectivity index (χ3n) is 3.59. The predicted molar refractivity (Wildman–Crippen MR) is 69.9 cm³/mol. The Labute approximate surface area is 104 Å².